The largest absolute Gasteiger partial charge is 0.356 e. The number of benzene rings is 2. The molecule has 3 heterocycles. The summed E-state index contributed by atoms with van der Waals surface area (Å²) in [4.78, 5) is 32.6. The maximum absolute atomic E-state index is 12.6. The molecule has 8 nitrogen and oxygen atoms in total. The van der Waals surface area contributed by atoms with Crippen LogP contribution in [-0.2, 0) is 0 Å². The van der Waals surface area contributed by atoms with Crippen LogP contribution in [-0.4, -0.2) is 38.9 Å². The second-order valence-electron chi connectivity index (χ2n) is 7.75. The van der Waals surface area contributed by atoms with Crippen LogP contribution in [0.5, 0.6) is 0 Å². The molecule has 2 aromatic carbocycles. The van der Waals surface area contributed by atoms with E-state index in [0.29, 0.717) is 11.2 Å². The quantitative estimate of drug-likeness (QED) is 0.491. The van der Waals surface area contributed by atoms with Crippen molar-refractivity contribution in [2.24, 2.45) is 0 Å². The van der Waals surface area contributed by atoms with Crippen molar-refractivity contribution in [3.8, 4) is 0 Å². The third kappa shape index (κ3) is 4.34. The summed E-state index contributed by atoms with van der Waals surface area (Å²) >= 11 is 0. The van der Waals surface area contributed by atoms with Gasteiger partial charge in [0.15, 0.2) is 0 Å². The Bertz CT molecular complexity index is 1270. The molecule has 2 aromatic heterocycles. The SMILES string of the molecule is Cc1nc(Nc2ccc(NC(=O)c3cnc4ccccc4n3)cc2)cc(N2CCCC2)n1. The lowest BCUT2D eigenvalue weighted by Crippen LogP contribution is -2.19. The van der Waals surface area contributed by atoms with Crippen LogP contribution in [0.2, 0.25) is 0 Å². The first kappa shape index (κ1) is 19.9. The molecule has 5 rings (SSSR count). The van der Waals surface area contributed by atoms with E-state index in [4.69, 9.17) is 0 Å². The van der Waals surface area contributed by atoms with Gasteiger partial charge >= 0.3 is 0 Å². The molecule has 0 saturated carbocycles. The Balaban J connectivity index is 1.27. The number of anilines is 4. The molecule has 0 unspecified atom stereocenters. The van der Waals surface area contributed by atoms with Crippen molar-refractivity contribution in [3.63, 3.8) is 0 Å². The maximum Gasteiger partial charge on any atom is 0.275 e. The zero-order chi connectivity index (χ0) is 21.9. The van der Waals surface area contributed by atoms with Crippen LogP contribution in [0.1, 0.15) is 29.2 Å². The molecule has 0 aliphatic carbocycles. The number of nitrogens with zero attached hydrogens (tertiary/aromatic N) is 5. The molecule has 0 bridgehead atoms. The van der Waals surface area contributed by atoms with Crippen molar-refractivity contribution in [3.05, 3.63) is 72.3 Å². The fourth-order valence-electron chi connectivity index (χ4n) is 3.77. The van der Waals surface area contributed by atoms with Gasteiger partial charge in [-0.1, -0.05) is 12.1 Å². The Morgan fingerprint density at radius 1 is 0.906 bits per heavy atom. The standard InChI is InChI=1S/C24H23N7O/c1-16-26-22(14-23(27-16)31-12-4-5-13-31)28-17-8-10-18(11-9-17)29-24(32)21-15-25-19-6-2-3-7-20(19)30-21/h2-3,6-11,14-15H,4-5,12-13H2,1H3,(H,29,32)(H,26,27,28). The van der Waals surface area contributed by atoms with Crippen LogP contribution in [0.15, 0.2) is 60.8 Å². The first-order chi connectivity index (χ1) is 15.6. The van der Waals surface area contributed by atoms with E-state index in [1.807, 2.05) is 61.5 Å². The Morgan fingerprint density at radius 2 is 1.62 bits per heavy atom. The molecule has 1 aliphatic heterocycles. The van der Waals surface area contributed by atoms with Gasteiger partial charge in [0, 0.05) is 30.5 Å². The van der Waals surface area contributed by atoms with E-state index >= 15 is 0 Å². The van der Waals surface area contributed by atoms with Gasteiger partial charge in [-0.25, -0.2) is 15.0 Å². The van der Waals surface area contributed by atoms with Crippen LogP contribution in [0.4, 0.5) is 23.0 Å². The van der Waals surface area contributed by atoms with Crippen molar-refractivity contribution in [1.82, 2.24) is 19.9 Å². The Morgan fingerprint density at radius 3 is 2.41 bits per heavy atom. The monoisotopic (exact) mass is 425 g/mol. The van der Waals surface area contributed by atoms with Crippen LogP contribution >= 0.6 is 0 Å². The molecule has 2 N–H and O–H groups in total. The number of amides is 1. The number of fused-ring (bicyclic) bond motifs is 1. The summed E-state index contributed by atoms with van der Waals surface area (Å²) in [5, 5.41) is 6.20. The average Bonchev–Trinajstić information content (AvgIpc) is 3.35. The fraction of sp³-hybridized carbons (Fsp3) is 0.208. The summed E-state index contributed by atoms with van der Waals surface area (Å²) in [6.07, 6.45) is 3.89. The highest BCUT2D eigenvalue weighted by Gasteiger charge is 2.15. The van der Waals surface area contributed by atoms with Crippen molar-refractivity contribution in [2.45, 2.75) is 19.8 Å². The first-order valence-corrected chi connectivity index (χ1v) is 10.6. The Kier molecular flexibility index (Phi) is 5.33. The predicted octanol–water partition coefficient (Wildman–Crippen LogP) is 4.32. The number of aryl methyl sites for hydroxylation is 1. The molecule has 8 heteroatoms. The predicted molar refractivity (Wildman–Crippen MR) is 125 cm³/mol. The molecular weight excluding hydrogens is 402 g/mol. The Hall–Kier alpha value is -4.07. The minimum atomic E-state index is -0.300. The first-order valence-electron chi connectivity index (χ1n) is 10.6. The topological polar surface area (TPSA) is 95.9 Å². The van der Waals surface area contributed by atoms with Crippen LogP contribution in [0, 0.1) is 6.92 Å². The van der Waals surface area contributed by atoms with Crippen molar-refractivity contribution >= 4 is 40.0 Å². The minimum absolute atomic E-state index is 0.275. The molecule has 4 aromatic rings. The van der Waals surface area contributed by atoms with Gasteiger partial charge < -0.3 is 15.5 Å². The summed E-state index contributed by atoms with van der Waals surface area (Å²) in [6.45, 7) is 3.97. The van der Waals surface area contributed by atoms with E-state index in [0.717, 1.165) is 41.8 Å². The number of hydrogen-bond acceptors (Lipinski definition) is 7. The van der Waals surface area contributed by atoms with E-state index in [-0.39, 0.29) is 11.6 Å². The summed E-state index contributed by atoms with van der Waals surface area (Å²) in [5.74, 6) is 2.14. The van der Waals surface area contributed by atoms with Gasteiger partial charge in [-0.05, 0) is 56.2 Å². The van der Waals surface area contributed by atoms with Gasteiger partial charge in [0.1, 0.15) is 23.2 Å². The fourth-order valence-corrected chi connectivity index (χ4v) is 3.77. The molecule has 32 heavy (non-hydrogen) atoms. The normalized spacial score (nSPS) is 13.3. The summed E-state index contributed by atoms with van der Waals surface area (Å²) in [5.41, 5.74) is 3.27. The van der Waals surface area contributed by atoms with Crippen molar-refractivity contribution < 1.29 is 4.79 Å². The third-order valence-electron chi connectivity index (χ3n) is 5.35. The van der Waals surface area contributed by atoms with E-state index < -0.39 is 0 Å². The molecule has 160 valence electrons. The lowest BCUT2D eigenvalue weighted by Gasteiger charge is -2.18. The molecule has 0 radical (unpaired) electrons. The molecule has 1 amide bonds. The third-order valence-corrected chi connectivity index (χ3v) is 5.35. The van der Waals surface area contributed by atoms with Gasteiger partial charge in [-0.2, -0.15) is 0 Å². The smallest absolute Gasteiger partial charge is 0.275 e. The molecular formula is C24H23N7O. The lowest BCUT2D eigenvalue weighted by atomic mass is 10.2. The number of para-hydroxylation sites is 2. The molecule has 1 aliphatic rings. The number of rotatable bonds is 5. The highest BCUT2D eigenvalue weighted by Crippen LogP contribution is 2.23. The number of carbonyl (C=O) groups is 1. The summed E-state index contributed by atoms with van der Waals surface area (Å²) < 4.78 is 0. The van der Waals surface area contributed by atoms with E-state index in [2.05, 4.69) is 35.5 Å². The van der Waals surface area contributed by atoms with Gasteiger partial charge in [0.05, 0.1) is 17.2 Å². The van der Waals surface area contributed by atoms with Gasteiger partial charge in [0.2, 0.25) is 0 Å². The minimum Gasteiger partial charge on any atom is -0.356 e. The molecule has 0 spiro atoms. The van der Waals surface area contributed by atoms with Gasteiger partial charge in [-0.3, -0.25) is 9.78 Å². The number of nitrogens with one attached hydrogen (secondary N) is 2. The van der Waals surface area contributed by atoms with Crippen molar-refractivity contribution in [2.75, 3.05) is 28.6 Å². The highest BCUT2D eigenvalue weighted by atomic mass is 16.1. The van der Waals surface area contributed by atoms with Crippen LogP contribution < -0.4 is 15.5 Å². The molecule has 1 fully saturated rings. The van der Waals surface area contributed by atoms with Crippen molar-refractivity contribution in [1.29, 1.82) is 0 Å². The summed E-state index contributed by atoms with van der Waals surface area (Å²) in [7, 11) is 0. The van der Waals surface area contributed by atoms with Crippen LogP contribution in [0.3, 0.4) is 0 Å². The zero-order valence-electron chi connectivity index (χ0n) is 17.7. The molecule has 0 atom stereocenters. The zero-order valence-corrected chi connectivity index (χ0v) is 17.7. The number of aromatic nitrogens is 4. The second kappa shape index (κ2) is 8.58. The van der Waals surface area contributed by atoms with E-state index in [1.54, 1.807) is 0 Å². The second-order valence-corrected chi connectivity index (χ2v) is 7.75. The van der Waals surface area contributed by atoms with Gasteiger partial charge in [-0.15, -0.1) is 0 Å². The lowest BCUT2D eigenvalue weighted by molar-refractivity contribution is 0.102. The summed E-state index contributed by atoms with van der Waals surface area (Å²) in [6, 6.07) is 16.9. The number of carbonyl (C=O) groups excluding carboxylic acids is 1. The Labute approximate surface area is 185 Å². The van der Waals surface area contributed by atoms with E-state index in [9.17, 15) is 4.79 Å². The van der Waals surface area contributed by atoms with E-state index in [1.165, 1.54) is 19.0 Å². The molecule has 1 saturated heterocycles. The maximum atomic E-state index is 12.6. The highest BCUT2D eigenvalue weighted by molar-refractivity contribution is 6.03. The average molecular weight is 425 g/mol. The van der Waals surface area contributed by atoms with Gasteiger partial charge in [0.25, 0.3) is 5.91 Å². The number of hydrogen-bond donors (Lipinski definition) is 2. The van der Waals surface area contributed by atoms with Crippen LogP contribution in [0.25, 0.3) is 11.0 Å².